The summed E-state index contributed by atoms with van der Waals surface area (Å²) in [5.41, 5.74) is 1.82. The van der Waals surface area contributed by atoms with Crippen molar-refractivity contribution in [3.05, 3.63) is 46.7 Å². The van der Waals surface area contributed by atoms with Crippen molar-refractivity contribution >= 4 is 27.3 Å². The van der Waals surface area contributed by atoms with Crippen LogP contribution in [0, 0.1) is 0 Å². The van der Waals surface area contributed by atoms with Gasteiger partial charge in [0.1, 0.15) is 0 Å². The first-order chi connectivity index (χ1) is 12.9. The molecular formula is C19H24N2O4S2. The molecule has 1 aromatic heterocycles. The summed E-state index contributed by atoms with van der Waals surface area (Å²) < 4.78 is 32.2. The molecule has 1 N–H and O–H groups in total. The van der Waals surface area contributed by atoms with E-state index < -0.39 is 10.0 Å². The normalized spacial score (nSPS) is 21.1. The van der Waals surface area contributed by atoms with Crippen LogP contribution in [0.2, 0.25) is 0 Å². The zero-order chi connectivity index (χ0) is 19.4. The van der Waals surface area contributed by atoms with Gasteiger partial charge >= 0.3 is 0 Å². The highest BCUT2D eigenvalue weighted by Crippen LogP contribution is 2.28. The van der Waals surface area contributed by atoms with Gasteiger partial charge in [0.15, 0.2) is 0 Å². The highest BCUT2D eigenvalue weighted by molar-refractivity contribution is 7.89. The second kappa shape index (κ2) is 8.52. The minimum atomic E-state index is -3.43. The van der Waals surface area contributed by atoms with E-state index in [0.29, 0.717) is 18.0 Å². The Labute approximate surface area is 164 Å². The van der Waals surface area contributed by atoms with Crippen molar-refractivity contribution in [1.29, 1.82) is 0 Å². The molecule has 1 saturated heterocycles. The lowest BCUT2D eigenvalue weighted by Crippen LogP contribution is -2.49. The Balaban J connectivity index is 1.60. The number of amides is 1. The van der Waals surface area contributed by atoms with E-state index >= 15 is 0 Å². The van der Waals surface area contributed by atoms with E-state index in [1.807, 2.05) is 55.6 Å². The van der Waals surface area contributed by atoms with Crippen molar-refractivity contribution in [2.24, 2.45) is 0 Å². The third kappa shape index (κ3) is 4.95. The largest absolute Gasteiger partial charge is 0.373 e. The molecule has 2 atom stereocenters. The average Bonchev–Trinajstić information content (AvgIpc) is 3.11. The van der Waals surface area contributed by atoms with Gasteiger partial charge in [0.05, 0.1) is 22.8 Å². The average molecular weight is 409 g/mol. The van der Waals surface area contributed by atoms with E-state index in [4.69, 9.17) is 4.74 Å². The summed E-state index contributed by atoms with van der Waals surface area (Å²) in [5, 5.41) is 4.61. The second-order valence-corrected chi connectivity index (χ2v) is 9.68. The van der Waals surface area contributed by atoms with Gasteiger partial charge in [-0.25, -0.2) is 8.42 Å². The highest BCUT2D eigenvalue weighted by atomic mass is 32.2. The predicted molar refractivity (Wildman–Crippen MR) is 107 cm³/mol. The van der Waals surface area contributed by atoms with Gasteiger partial charge < -0.3 is 10.1 Å². The zero-order valence-electron chi connectivity index (χ0n) is 15.4. The molecule has 8 heteroatoms. The number of sulfonamides is 1. The van der Waals surface area contributed by atoms with Crippen LogP contribution in [0.5, 0.6) is 0 Å². The van der Waals surface area contributed by atoms with Gasteiger partial charge in [-0.1, -0.05) is 30.3 Å². The van der Waals surface area contributed by atoms with Crippen LogP contribution in [0.15, 0.2) is 41.8 Å². The van der Waals surface area contributed by atoms with Crippen molar-refractivity contribution in [1.82, 2.24) is 9.62 Å². The molecule has 0 spiro atoms. The number of hydrogen-bond acceptors (Lipinski definition) is 5. The fraction of sp³-hybridized carbons (Fsp3) is 0.421. The van der Waals surface area contributed by atoms with Crippen molar-refractivity contribution in [2.75, 3.05) is 25.4 Å². The van der Waals surface area contributed by atoms with Crippen LogP contribution >= 0.6 is 11.3 Å². The van der Waals surface area contributed by atoms with Crippen LogP contribution in [0.3, 0.4) is 0 Å². The molecule has 0 radical (unpaired) electrons. The zero-order valence-corrected chi connectivity index (χ0v) is 17.1. The first-order valence-corrected chi connectivity index (χ1v) is 11.4. The number of hydrogen-bond donors (Lipinski definition) is 1. The van der Waals surface area contributed by atoms with Gasteiger partial charge in [-0.15, -0.1) is 11.3 Å². The molecule has 3 rings (SSSR count). The number of ether oxygens (including phenoxy) is 1. The summed E-state index contributed by atoms with van der Waals surface area (Å²) in [6, 6.07) is 11.6. The summed E-state index contributed by atoms with van der Waals surface area (Å²) in [6.07, 6.45) is -0.254. The summed E-state index contributed by atoms with van der Waals surface area (Å²) in [6.45, 7) is 4.50. The monoisotopic (exact) mass is 408 g/mol. The molecule has 1 aliphatic heterocycles. The molecule has 0 unspecified atom stereocenters. The van der Waals surface area contributed by atoms with Gasteiger partial charge in [0.25, 0.3) is 5.91 Å². The Hall–Kier alpha value is -1.74. The lowest BCUT2D eigenvalue weighted by atomic mass is 10.1. The topological polar surface area (TPSA) is 75.7 Å². The Morgan fingerprint density at radius 1 is 1.19 bits per heavy atom. The molecule has 1 fully saturated rings. The number of morpholine rings is 1. The minimum Gasteiger partial charge on any atom is -0.373 e. The third-order valence-corrected chi connectivity index (χ3v) is 7.10. The molecule has 146 valence electrons. The van der Waals surface area contributed by atoms with E-state index in [9.17, 15) is 13.2 Å². The maximum atomic E-state index is 12.6. The van der Waals surface area contributed by atoms with Crippen LogP contribution in [0.4, 0.5) is 0 Å². The SMILES string of the molecule is C[C@H]1CN(S(=O)(=O)CCNC(=O)c2sccc2-c2ccccc2)C[C@H](C)O1. The van der Waals surface area contributed by atoms with Gasteiger partial charge in [-0.2, -0.15) is 4.31 Å². The summed E-state index contributed by atoms with van der Waals surface area (Å²) in [5.74, 6) is -0.368. The maximum absolute atomic E-state index is 12.6. The Bertz CT molecular complexity index is 870. The lowest BCUT2D eigenvalue weighted by Gasteiger charge is -2.34. The number of rotatable bonds is 6. The Morgan fingerprint density at radius 2 is 1.85 bits per heavy atom. The van der Waals surface area contributed by atoms with Crippen molar-refractivity contribution in [3.63, 3.8) is 0 Å². The van der Waals surface area contributed by atoms with Crippen LogP contribution in [-0.2, 0) is 14.8 Å². The molecule has 2 heterocycles. The number of thiophene rings is 1. The van der Waals surface area contributed by atoms with Crippen molar-refractivity contribution < 1.29 is 17.9 Å². The quantitative estimate of drug-likeness (QED) is 0.797. The molecule has 2 aromatic rings. The molecule has 0 bridgehead atoms. The highest BCUT2D eigenvalue weighted by Gasteiger charge is 2.30. The number of nitrogens with one attached hydrogen (secondary N) is 1. The van der Waals surface area contributed by atoms with Gasteiger partial charge in [0.2, 0.25) is 10.0 Å². The summed E-state index contributed by atoms with van der Waals surface area (Å²) in [7, 11) is -3.43. The number of carbonyl (C=O) groups is 1. The van der Waals surface area contributed by atoms with E-state index in [1.165, 1.54) is 15.6 Å². The summed E-state index contributed by atoms with van der Waals surface area (Å²) >= 11 is 1.35. The maximum Gasteiger partial charge on any atom is 0.262 e. The second-order valence-electron chi connectivity index (χ2n) is 6.68. The molecule has 1 amide bonds. The van der Waals surface area contributed by atoms with Gasteiger partial charge in [-0.3, -0.25) is 4.79 Å². The minimum absolute atomic E-state index is 0.0768. The van der Waals surface area contributed by atoms with E-state index in [2.05, 4.69) is 5.32 Å². The molecular weight excluding hydrogens is 384 g/mol. The smallest absolute Gasteiger partial charge is 0.262 e. The lowest BCUT2D eigenvalue weighted by molar-refractivity contribution is -0.0440. The fourth-order valence-corrected chi connectivity index (χ4v) is 5.52. The van der Waals surface area contributed by atoms with Crippen LogP contribution in [0.25, 0.3) is 11.1 Å². The van der Waals surface area contributed by atoms with Crippen LogP contribution in [0.1, 0.15) is 23.5 Å². The van der Waals surface area contributed by atoms with Crippen LogP contribution < -0.4 is 5.32 Å². The number of nitrogens with zero attached hydrogens (tertiary/aromatic N) is 1. The third-order valence-electron chi connectivity index (χ3n) is 4.38. The Morgan fingerprint density at radius 3 is 2.52 bits per heavy atom. The number of carbonyl (C=O) groups excluding carboxylic acids is 1. The first-order valence-electron chi connectivity index (χ1n) is 8.91. The predicted octanol–water partition coefficient (Wildman–Crippen LogP) is 2.58. The summed E-state index contributed by atoms with van der Waals surface area (Å²) in [4.78, 5) is 13.1. The van der Waals surface area contributed by atoms with Gasteiger partial charge in [0, 0.05) is 25.2 Å². The van der Waals surface area contributed by atoms with E-state index in [0.717, 1.165) is 11.1 Å². The van der Waals surface area contributed by atoms with E-state index in [-0.39, 0.29) is 30.4 Å². The molecule has 0 aliphatic carbocycles. The first kappa shape index (κ1) is 20.0. The molecule has 1 aromatic carbocycles. The molecule has 27 heavy (non-hydrogen) atoms. The van der Waals surface area contributed by atoms with Gasteiger partial charge in [-0.05, 0) is 30.9 Å². The van der Waals surface area contributed by atoms with Crippen molar-refractivity contribution in [2.45, 2.75) is 26.1 Å². The molecule has 1 aliphatic rings. The fourth-order valence-electron chi connectivity index (χ4n) is 3.19. The van der Waals surface area contributed by atoms with Crippen molar-refractivity contribution in [3.8, 4) is 11.1 Å². The standard InChI is InChI=1S/C19H24N2O4S2/c1-14-12-21(13-15(2)25-14)27(23,24)11-9-20-19(22)18-17(8-10-26-18)16-6-4-3-5-7-16/h3-8,10,14-15H,9,11-13H2,1-2H3,(H,20,22)/t14-,15-/m0/s1. The molecule has 0 saturated carbocycles. The molecule has 6 nitrogen and oxygen atoms in total. The van der Waals surface area contributed by atoms with Crippen LogP contribution in [-0.4, -0.2) is 56.2 Å². The number of benzene rings is 1. The Kier molecular flexibility index (Phi) is 6.31. The van der Waals surface area contributed by atoms with E-state index in [1.54, 1.807) is 0 Å².